The second kappa shape index (κ2) is 10.1. The number of ether oxygens (including phenoxy) is 1. The first kappa shape index (κ1) is 24.8. The van der Waals surface area contributed by atoms with Gasteiger partial charge in [-0.05, 0) is 60.9 Å². The van der Waals surface area contributed by atoms with Gasteiger partial charge in [-0.2, -0.15) is 0 Å². The summed E-state index contributed by atoms with van der Waals surface area (Å²) < 4.78 is 7.54. The van der Waals surface area contributed by atoms with Crippen LogP contribution in [0.15, 0.2) is 97.1 Å². The van der Waals surface area contributed by atoms with E-state index in [0.29, 0.717) is 30.8 Å². The van der Waals surface area contributed by atoms with Gasteiger partial charge in [0.2, 0.25) is 0 Å². The van der Waals surface area contributed by atoms with E-state index in [1.165, 1.54) is 11.0 Å². The lowest BCUT2D eigenvalue weighted by Gasteiger charge is -2.24. The molecule has 7 rings (SSSR count). The third-order valence-electron chi connectivity index (χ3n) is 7.64. The number of hydrogen-bond acceptors (Lipinski definition) is 6. The maximum absolute atomic E-state index is 13.8. The van der Waals surface area contributed by atoms with Crippen molar-refractivity contribution in [1.82, 2.24) is 19.3 Å². The number of aromatic hydroxyl groups is 1. The van der Waals surface area contributed by atoms with Crippen molar-refractivity contribution in [2.75, 3.05) is 6.54 Å². The van der Waals surface area contributed by atoms with E-state index in [2.05, 4.69) is 0 Å². The number of phenols is 1. The zero-order valence-corrected chi connectivity index (χ0v) is 22.1. The standard InChI is InChI=1S/C33H26N4O4/c38-29-17-16-22(30-34-25-12-5-4-11-23(25)31-35-26-13-6-7-14-27(26)37(30)31)19-24(29)32(39)36-18-8-15-28(36)33(40)41-20-21-9-2-1-3-10-21/h1-7,9-14,16-17,19,28,38H,8,15,18,20H2/t28-/m0/s1. The minimum absolute atomic E-state index is 0.109. The summed E-state index contributed by atoms with van der Waals surface area (Å²) in [5, 5.41) is 11.7. The van der Waals surface area contributed by atoms with Crippen molar-refractivity contribution in [2.45, 2.75) is 25.5 Å². The Kier molecular flexibility index (Phi) is 6.08. The highest BCUT2D eigenvalue weighted by atomic mass is 16.5. The molecule has 8 heteroatoms. The predicted octanol–water partition coefficient (Wildman–Crippen LogP) is 5.76. The summed E-state index contributed by atoms with van der Waals surface area (Å²) in [6, 6.07) is 29.3. The highest BCUT2D eigenvalue weighted by Crippen LogP contribution is 2.33. The molecule has 0 bridgehead atoms. The highest BCUT2D eigenvalue weighted by Gasteiger charge is 2.36. The number of para-hydroxylation sites is 3. The first-order chi connectivity index (χ1) is 20.1. The maximum atomic E-state index is 13.8. The zero-order chi connectivity index (χ0) is 27.9. The Labute approximate surface area is 235 Å². The van der Waals surface area contributed by atoms with Gasteiger partial charge in [-0.15, -0.1) is 0 Å². The molecule has 0 spiro atoms. The maximum Gasteiger partial charge on any atom is 0.329 e. The molecular formula is C33H26N4O4. The first-order valence-electron chi connectivity index (χ1n) is 13.6. The van der Waals surface area contributed by atoms with Crippen LogP contribution >= 0.6 is 0 Å². The van der Waals surface area contributed by atoms with E-state index in [9.17, 15) is 14.7 Å². The number of carbonyl (C=O) groups is 2. The predicted molar refractivity (Wildman–Crippen MR) is 155 cm³/mol. The molecule has 1 atom stereocenters. The molecule has 0 unspecified atom stereocenters. The number of phenolic OH excluding ortho intramolecular Hbond substituents is 1. The Morgan fingerprint density at radius 2 is 1.63 bits per heavy atom. The van der Waals surface area contributed by atoms with Gasteiger partial charge in [0.15, 0.2) is 0 Å². The smallest absolute Gasteiger partial charge is 0.329 e. The van der Waals surface area contributed by atoms with Crippen LogP contribution in [-0.4, -0.2) is 48.8 Å². The molecule has 1 aliphatic heterocycles. The number of rotatable bonds is 5. The molecule has 1 amide bonds. The number of benzene rings is 4. The molecule has 4 aromatic carbocycles. The summed E-state index contributed by atoms with van der Waals surface area (Å²) in [6.07, 6.45) is 1.18. The minimum Gasteiger partial charge on any atom is -0.507 e. The molecule has 0 radical (unpaired) electrons. The molecule has 0 aliphatic carbocycles. The molecule has 41 heavy (non-hydrogen) atoms. The lowest BCUT2D eigenvalue weighted by molar-refractivity contribution is -0.149. The Morgan fingerprint density at radius 1 is 0.878 bits per heavy atom. The fraction of sp³-hybridized carbons (Fsp3) is 0.152. The molecule has 8 nitrogen and oxygen atoms in total. The Bertz CT molecular complexity index is 1950. The van der Waals surface area contributed by atoms with Gasteiger partial charge in [0.05, 0.1) is 22.1 Å². The van der Waals surface area contributed by atoms with Crippen LogP contribution in [0.2, 0.25) is 0 Å². The summed E-state index contributed by atoms with van der Waals surface area (Å²) >= 11 is 0. The van der Waals surface area contributed by atoms with Crippen LogP contribution in [0.1, 0.15) is 28.8 Å². The molecule has 1 aliphatic rings. The third-order valence-corrected chi connectivity index (χ3v) is 7.64. The summed E-state index contributed by atoms with van der Waals surface area (Å²) in [6.45, 7) is 0.541. The van der Waals surface area contributed by atoms with Crippen molar-refractivity contribution < 1.29 is 19.4 Å². The molecular weight excluding hydrogens is 516 g/mol. The van der Waals surface area contributed by atoms with Crippen LogP contribution in [0, 0.1) is 0 Å². The Hall–Kier alpha value is -5.24. The van der Waals surface area contributed by atoms with Crippen LogP contribution in [0.25, 0.3) is 39.0 Å². The quantitative estimate of drug-likeness (QED) is 0.279. The summed E-state index contributed by atoms with van der Waals surface area (Å²) in [7, 11) is 0. The number of amides is 1. The van der Waals surface area contributed by atoms with E-state index in [1.54, 1.807) is 12.1 Å². The van der Waals surface area contributed by atoms with E-state index in [-0.39, 0.29) is 17.9 Å². The number of hydrogen-bond donors (Lipinski definition) is 1. The topological polar surface area (TPSA) is 97.0 Å². The molecule has 1 fully saturated rings. The van der Waals surface area contributed by atoms with Crippen molar-refractivity contribution in [3.8, 4) is 17.1 Å². The van der Waals surface area contributed by atoms with Crippen molar-refractivity contribution >= 4 is 39.5 Å². The van der Waals surface area contributed by atoms with Crippen LogP contribution in [0.5, 0.6) is 5.75 Å². The van der Waals surface area contributed by atoms with E-state index < -0.39 is 17.9 Å². The third kappa shape index (κ3) is 4.34. The fourth-order valence-corrected chi connectivity index (χ4v) is 5.62. The number of esters is 1. The average Bonchev–Trinajstić information content (AvgIpc) is 3.66. The second-order valence-electron chi connectivity index (χ2n) is 10.2. The first-order valence-corrected chi connectivity index (χ1v) is 13.6. The SMILES string of the molecule is O=C(OCc1ccccc1)[C@@H]1CCCN1C(=O)c1cc(-c2nc3ccccc3c3nc4ccccc4n23)ccc1O. The molecule has 1 N–H and O–H groups in total. The summed E-state index contributed by atoms with van der Waals surface area (Å²) in [4.78, 5) is 38.2. The van der Waals surface area contributed by atoms with E-state index in [1.807, 2.05) is 83.3 Å². The van der Waals surface area contributed by atoms with Gasteiger partial charge in [-0.25, -0.2) is 14.8 Å². The molecule has 202 valence electrons. The lowest BCUT2D eigenvalue weighted by atomic mass is 10.1. The van der Waals surface area contributed by atoms with E-state index >= 15 is 0 Å². The van der Waals surface area contributed by atoms with Crippen molar-refractivity contribution in [2.24, 2.45) is 0 Å². The number of likely N-dealkylation sites (tertiary alicyclic amines) is 1. The molecule has 3 heterocycles. The summed E-state index contributed by atoms with van der Waals surface area (Å²) in [5.41, 5.74) is 4.88. The fourth-order valence-electron chi connectivity index (χ4n) is 5.62. The van der Waals surface area contributed by atoms with Crippen molar-refractivity contribution in [3.05, 3.63) is 108 Å². The average molecular weight is 543 g/mol. The number of carbonyl (C=O) groups excluding carboxylic acids is 2. The van der Waals surface area contributed by atoms with Crippen LogP contribution in [0.4, 0.5) is 0 Å². The van der Waals surface area contributed by atoms with Gasteiger partial charge < -0.3 is 14.7 Å². The van der Waals surface area contributed by atoms with Gasteiger partial charge in [0.25, 0.3) is 5.91 Å². The summed E-state index contributed by atoms with van der Waals surface area (Å²) in [5.74, 6) is -0.426. The van der Waals surface area contributed by atoms with Crippen molar-refractivity contribution in [3.63, 3.8) is 0 Å². The van der Waals surface area contributed by atoms with Gasteiger partial charge in [0, 0.05) is 17.5 Å². The monoisotopic (exact) mass is 542 g/mol. The van der Waals surface area contributed by atoms with Gasteiger partial charge in [0.1, 0.15) is 29.9 Å². The minimum atomic E-state index is -0.711. The van der Waals surface area contributed by atoms with Gasteiger partial charge >= 0.3 is 5.97 Å². The van der Waals surface area contributed by atoms with Gasteiger partial charge in [-0.1, -0.05) is 54.6 Å². The van der Waals surface area contributed by atoms with Crippen molar-refractivity contribution in [1.29, 1.82) is 0 Å². The van der Waals surface area contributed by atoms with E-state index in [4.69, 9.17) is 14.7 Å². The molecule has 2 aromatic heterocycles. The normalized spacial score (nSPS) is 15.1. The van der Waals surface area contributed by atoms with Gasteiger partial charge in [-0.3, -0.25) is 9.20 Å². The van der Waals surface area contributed by atoms with Crippen LogP contribution in [-0.2, 0) is 16.1 Å². The molecule has 1 saturated heterocycles. The second-order valence-corrected chi connectivity index (χ2v) is 10.2. The Morgan fingerprint density at radius 3 is 2.49 bits per heavy atom. The number of aromatic nitrogens is 3. The highest BCUT2D eigenvalue weighted by molar-refractivity contribution is 6.01. The lowest BCUT2D eigenvalue weighted by Crippen LogP contribution is -2.41. The van der Waals surface area contributed by atoms with E-state index in [0.717, 1.165) is 33.1 Å². The number of fused-ring (bicyclic) bond motifs is 5. The van der Waals surface area contributed by atoms with Crippen LogP contribution < -0.4 is 0 Å². The number of nitrogens with zero attached hydrogens (tertiary/aromatic N) is 4. The number of imidazole rings is 1. The Balaban J connectivity index is 1.26. The largest absolute Gasteiger partial charge is 0.507 e. The van der Waals surface area contributed by atoms with Crippen LogP contribution in [0.3, 0.4) is 0 Å². The molecule has 6 aromatic rings. The zero-order valence-electron chi connectivity index (χ0n) is 22.1. The molecule has 0 saturated carbocycles.